The number of hydrogen-bond acceptors (Lipinski definition) is 5. The van der Waals surface area contributed by atoms with Crippen LogP contribution in [0, 0.1) is 0 Å². The normalized spacial score (nSPS) is 14.7. The van der Waals surface area contributed by atoms with Crippen molar-refractivity contribution >= 4 is 16.0 Å². The van der Waals surface area contributed by atoms with Gasteiger partial charge in [-0.3, -0.25) is 4.79 Å². The lowest BCUT2D eigenvalue weighted by atomic mass is 10.3. The van der Waals surface area contributed by atoms with Crippen molar-refractivity contribution in [2.45, 2.75) is 38.8 Å². The molecule has 0 radical (unpaired) electrons. The van der Waals surface area contributed by atoms with E-state index >= 15 is 0 Å². The number of fused-ring (bicyclic) bond motifs is 1. The van der Waals surface area contributed by atoms with Gasteiger partial charge in [-0.1, -0.05) is 0 Å². The Morgan fingerprint density at radius 1 is 1.45 bits per heavy atom. The molecule has 0 atom stereocenters. The Morgan fingerprint density at radius 2 is 2.20 bits per heavy atom. The van der Waals surface area contributed by atoms with Gasteiger partial charge in [0.15, 0.2) is 0 Å². The molecule has 8 nitrogen and oxygen atoms in total. The molecule has 0 amide bonds. The van der Waals surface area contributed by atoms with E-state index in [4.69, 9.17) is 5.11 Å². The fraction of sp³-hybridized carbons (Fsp3) is 0.727. The summed E-state index contributed by atoms with van der Waals surface area (Å²) < 4.78 is 27.2. The van der Waals surface area contributed by atoms with E-state index in [0.29, 0.717) is 5.82 Å². The maximum Gasteiger partial charge on any atom is 0.303 e. The fourth-order valence-electron chi connectivity index (χ4n) is 2.19. The van der Waals surface area contributed by atoms with Gasteiger partial charge in [0.2, 0.25) is 10.0 Å². The minimum absolute atomic E-state index is 0.111. The molecule has 20 heavy (non-hydrogen) atoms. The number of aromatic nitrogens is 3. The second-order valence-corrected chi connectivity index (χ2v) is 7.05. The first-order valence-corrected chi connectivity index (χ1v) is 8.08. The lowest BCUT2D eigenvalue weighted by molar-refractivity contribution is -0.137. The van der Waals surface area contributed by atoms with Gasteiger partial charge in [0.05, 0.1) is 12.3 Å². The Kier molecular flexibility index (Phi) is 4.39. The molecule has 0 fully saturated rings. The number of rotatable bonds is 7. The van der Waals surface area contributed by atoms with E-state index in [-0.39, 0.29) is 25.1 Å². The quantitative estimate of drug-likeness (QED) is 0.751. The van der Waals surface area contributed by atoms with Crippen molar-refractivity contribution in [3.63, 3.8) is 0 Å². The zero-order valence-corrected chi connectivity index (χ0v) is 12.1. The number of aliphatic carboxylic acids is 1. The smallest absolute Gasteiger partial charge is 0.303 e. The molecule has 0 saturated heterocycles. The second kappa shape index (κ2) is 5.88. The first-order valence-electron chi connectivity index (χ1n) is 6.47. The van der Waals surface area contributed by atoms with Crippen LogP contribution in [0.4, 0.5) is 0 Å². The first kappa shape index (κ1) is 14.9. The summed E-state index contributed by atoms with van der Waals surface area (Å²) in [5.74, 6) is 0.383. The summed E-state index contributed by atoms with van der Waals surface area (Å²) in [5.41, 5.74) is 0. The van der Waals surface area contributed by atoms with E-state index in [0.717, 1.165) is 25.2 Å². The number of carboxylic acid groups (broad SMARTS) is 1. The lowest BCUT2D eigenvalue weighted by Gasteiger charge is -2.16. The molecule has 1 aromatic heterocycles. The first-order chi connectivity index (χ1) is 9.40. The monoisotopic (exact) mass is 302 g/mol. The molecule has 1 aliphatic heterocycles. The van der Waals surface area contributed by atoms with Crippen LogP contribution in [0.1, 0.15) is 30.9 Å². The van der Waals surface area contributed by atoms with E-state index in [9.17, 15) is 13.2 Å². The van der Waals surface area contributed by atoms with Crippen molar-refractivity contribution in [1.29, 1.82) is 0 Å². The van der Waals surface area contributed by atoms with Crippen LogP contribution in [0.5, 0.6) is 0 Å². The highest BCUT2D eigenvalue weighted by Gasteiger charge is 2.23. The summed E-state index contributed by atoms with van der Waals surface area (Å²) in [7, 11) is -1.98. The van der Waals surface area contributed by atoms with E-state index in [2.05, 4.69) is 10.2 Å². The average molecular weight is 302 g/mol. The number of sulfonamides is 1. The van der Waals surface area contributed by atoms with Crippen LogP contribution < -0.4 is 0 Å². The third-order valence-electron chi connectivity index (χ3n) is 3.32. The van der Waals surface area contributed by atoms with E-state index in [1.165, 1.54) is 11.4 Å². The largest absolute Gasteiger partial charge is 0.481 e. The van der Waals surface area contributed by atoms with Crippen molar-refractivity contribution in [2.24, 2.45) is 0 Å². The van der Waals surface area contributed by atoms with Crippen molar-refractivity contribution in [2.75, 3.05) is 12.8 Å². The summed E-state index contributed by atoms with van der Waals surface area (Å²) in [6, 6.07) is 0. The van der Waals surface area contributed by atoms with Crippen LogP contribution >= 0.6 is 0 Å². The number of carboxylic acids is 1. The second-order valence-electron chi connectivity index (χ2n) is 4.86. The van der Waals surface area contributed by atoms with Gasteiger partial charge in [-0.15, -0.1) is 10.2 Å². The highest BCUT2D eigenvalue weighted by atomic mass is 32.2. The summed E-state index contributed by atoms with van der Waals surface area (Å²) in [4.78, 5) is 10.4. The topological polar surface area (TPSA) is 105 Å². The molecule has 112 valence electrons. The molecule has 1 aromatic rings. The molecule has 9 heteroatoms. The van der Waals surface area contributed by atoms with Gasteiger partial charge in [-0.05, 0) is 12.8 Å². The fourth-order valence-corrected chi connectivity index (χ4v) is 3.32. The maximum atomic E-state index is 12.0. The van der Waals surface area contributed by atoms with Crippen LogP contribution in [0.15, 0.2) is 0 Å². The molecule has 0 spiro atoms. The Labute approximate surface area is 117 Å². The highest BCUT2D eigenvalue weighted by Crippen LogP contribution is 2.16. The Hall–Kier alpha value is -1.48. The van der Waals surface area contributed by atoms with E-state index < -0.39 is 16.0 Å². The Morgan fingerprint density at radius 3 is 2.90 bits per heavy atom. The molecule has 0 saturated carbocycles. The minimum Gasteiger partial charge on any atom is -0.481 e. The van der Waals surface area contributed by atoms with E-state index in [1.54, 1.807) is 0 Å². The average Bonchev–Trinajstić information content (AvgIpc) is 2.93. The molecular formula is C11H18N4O4S. The Balaban J connectivity index is 1.96. The molecule has 0 unspecified atom stereocenters. The Bertz CT molecular complexity index is 596. The molecule has 0 bridgehead atoms. The van der Waals surface area contributed by atoms with Crippen LogP contribution in [0.3, 0.4) is 0 Å². The summed E-state index contributed by atoms with van der Waals surface area (Å²) in [6.45, 7) is 0.993. The van der Waals surface area contributed by atoms with Gasteiger partial charge in [-0.2, -0.15) is 4.31 Å². The lowest BCUT2D eigenvalue weighted by Crippen LogP contribution is -2.30. The standard InChI is InChI=1S/C11H18N4O4S/c1-14(20(18,19)7-3-5-11(16)17)8-10-13-12-9-4-2-6-15(9)10/h2-8H2,1H3,(H,16,17). The summed E-state index contributed by atoms with van der Waals surface area (Å²) in [6.07, 6.45) is 1.85. The number of hydrogen-bond donors (Lipinski definition) is 1. The van der Waals surface area contributed by atoms with Crippen LogP contribution in [0.25, 0.3) is 0 Å². The molecule has 0 aliphatic carbocycles. The van der Waals surface area contributed by atoms with Gasteiger partial charge in [-0.25, -0.2) is 8.42 Å². The molecule has 2 heterocycles. The van der Waals surface area contributed by atoms with Gasteiger partial charge in [0.1, 0.15) is 11.6 Å². The highest BCUT2D eigenvalue weighted by molar-refractivity contribution is 7.89. The third kappa shape index (κ3) is 3.34. The van der Waals surface area contributed by atoms with Crippen LogP contribution in [-0.4, -0.2) is 51.4 Å². The number of carbonyl (C=O) groups is 1. The predicted molar refractivity (Wildman–Crippen MR) is 70.5 cm³/mol. The van der Waals surface area contributed by atoms with Crippen molar-refractivity contribution in [3.05, 3.63) is 11.6 Å². The summed E-state index contributed by atoms with van der Waals surface area (Å²) >= 11 is 0. The molecule has 1 N–H and O–H groups in total. The molecule has 2 rings (SSSR count). The van der Waals surface area contributed by atoms with E-state index in [1.807, 2.05) is 4.57 Å². The molecule has 0 aromatic carbocycles. The van der Waals surface area contributed by atoms with Crippen molar-refractivity contribution < 1.29 is 18.3 Å². The van der Waals surface area contributed by atoms with Crippen LogP contribution in [-0.2, 0) is 34.3 Å². The zero-order chi connectivity index (χ0) is 14.8. The third-order valence-corrected chi connectivity index (χ3v) is 5.20. The number of aryl methyl sites for hydroxylation is 1. The molecule has 1 aliphatic rings. The SMILES string of the molecule is CN(Cc1nnc2n1CCC2)S(=O)(=O)CCCC(=O)O. The van der Waals surface area contributed by atoms with Crippen molar-refractivity contribution in [3.8, 4) is 0 Å². The minimum atomic E-state index is -3.46. The number of nitrogens with zero attached hydrogens (tertiary/aromatic N) is 4. The van der Waals surface area contributed by atoms with Crippen LogP contribution in [0.2, 0.25) is 0 Å². The van der Waals surface area contributed by atoms with Gasteiger partial charge in [0, 0.05) is 26.4 Å². The molecular weight excluding hydrogens is 284 g/mol. The van der Waals surface area contributed by atoms with Gasteiger partial charge in [0.25, 0.3) is 0 Å². The predicted octanol–water partition coefficient (Wildman–Crippen LogP) is -0.149. The van der Waals surface area contributed by atoms with Gasteiger partial charge < -0.3 is 9.67 Å². The van der Waals surface area contributed by atoms with Crippen molar-refractivity contribution in [1.82, 2.24) is 19.1 Å². The van der Waals surface area contributed by atoms with Gasteiger partial charge >= 0.3 is 5.97 Å². The maximum absolute atomic E-state index is 12.0. The summed E-state index contributed by atoms with van der Waals surface area (Å²) in [5, 5.41) is 16.6. The zero-order valence-electron chi connectivity index (χ0n) is 11.3.